The molecule has 1 aliphatic heterocycles. The zero-order valence-electron chi connectivity index (χ0n) is 32.8. The highest BCUT2D eigenvalue weighted by Crippen LogP contribution is 2.39. The Morgan fingerprint density at radius 3 is 1.94 bits per heavy atom. The summed E-state index contributed by atoms with van der Waals surface area (Å²) < 4.78 is 54.2. The van der Waals surface area contributed by atoms with Crippen molar-refractivity contribution in [3.63, 3.8) is 0 Å². The van der Waals surface area contributed by atoms with E-state index in [1.807, 2.05) is 80.6 Å². The predicted molar refractivity (Wildman–Crippen MR) is 213 cm³/mol. The second-order valence-electron chi connectivity index (χ2n) is 15.4. The molecule has 7 nitrogen and oxygen atoms in total. The lowest BCUT2D eigenvalue weighted by Gasteiger charge is -2.45. The molecule has 54 heavy (non-hydrogen) atoms. The zero-order chi connectivity index (χ0) is 38.9. The Morgan fingerprint density at radius 1 is 0.852 bits per heavy atom. The van der Waals surface area contributed by atoms with Gasteiger partial charge in [-0.05, 0) is 78.5 Å². The van der Waals surface area contributed by atoms with Crippen LogP contribution in [0.1, 0.15) is 70.8 Å². The molecule has 0 saturated carbocycles. The minimum atomic E-state index is -2.93. The number of hydrogen-bond donors (Lipinski definition) is 0. The summed E-state index contributed by atoms with van der Waals surface area (Å²) in [5, 5.41) is 2.01. The Hall–Kier alpha value is -4.12. The number of carbonyl (C=O) groups is 1. The molecule has 1 heterocycles. The molecule has 4 aromatic carbocycles. The standard InChI is InChI=1S/C45H55FO7Si/c1-32(33(2)53-54(44(3,4)5,37-20-14-10-15-21-37)38-22-16-11-17-23-38)30-39(46)41(50-43(47)35-18-12-9-13-19-35)42-40(51-45(6,7)52-42)28-29-49-31-34-24-26-36(48-8)27-25-34/h9-27,30,32-33,40-42H,28-29,31H2,1-8H3/b39-30+/t32-,33+,40+,41?,42?/m1/s1. The summed E-state index contributed by atoms with van der Waals surface area (Å²) in [6, 6.07) is 37.0. The minimum Gasteiger partial charge on any atom is -0.497 e. The summed E-state index contributed by atoms with van der Waals surface area (Å²) in [5.41, 5.74) is 1.30. The number of hydrogen-bond acceptors (Lipinski definition) is 7. The van der Waals surface area contributed by atoms with Gasteiger partial charge in [-0.2, -0.15) is 0 Å². The third-order valence-corrected chi connectivity index (χ3v) is 15.1. The van der Waals surface area contributed by atoms with Gasteiger partial charge in [0.1, 0.15) is 17.7 Å². The molecule has 5 rings (SSSR count). The number of carbonyl (C=O) groups excluding carboxylic acids is 1. The molecule has 9 heteroatoms. The van der Waals surface area contributed by atoms with Crippen LogP contribution < -0.4 is 15.1 Å². The van der Waals surface area contributed by atoms with Crippen LogP contribution in [-0.2, 0) is 30.0 Å². The average molecular weight is 755 g/mol. The fourth-order valence-corrected chi connectivity index (χ4v) is 11.8. The van der Waals surface area contributed by atoms with E-state index in [0.29, 0.717) is 25.2 Å². The van der Waals surface area contributed by atoms with Crippen LogP contribution in [0.3, 0.4) is 0 Å². The van der Waals surface area contributed by atoms with E-state index >= 15 is 4.39 Å². The number of halogens is 1. The highest BCUT2D eigenvalue weighted by molar-refractivity contribution is 6.99. The Kier molecular flexibility index (Phi) is 13.7. The van der Waals surface area contributed by atoms with Crippen molar-refractivity contribution in [3.05, 3.63) is 138 Å². The Bertz CT molecular complexity index is 1750. The normalized spacial score (nSPS) is 19.2. The van der Waals surface area contributed by atoms with Gasteiger partial charge in [-0.1, -0.05) is 119 Å². The van der Waals surface area contributed by atoms with Crippen LogP contribution in [-0.4, -0.2) is 58.2 Å². The van der Waals surface area contributed by atoms with Gasteiger partial charge in [-0.25, -0.2) is 9.18 Å². The highest BCUT2D eigenvalue weighted by atomic mass is 28.4. The molecular formula is C45H55FO7Si. The van der Waals surface area contributed by atoms with Gasteiger partial charge in [0.05, 0.1) is 25.4 Å². The highest BCUT2D eigenvalue weighted by Gasteiger charge is 2.52. The molecule has 5 atom stereocenters. The van der Waals surface area contributed by atoms with Crippen molar-refractivity contribution < 1.29 is 37.3 Å². The first-order valence-electron chi connectivity index (χ1n) is 18.7. The van der Waals surface area contributed by atoms with Crippen LogP contribution in [0, 0.1) is 5.92 Å². The molecule has 1 aliphatic rings. The van der Waals surface area contributed by atoms with E-state index in [-0.39, 0.29) is 5.04 Å². The van der Waals surface area contributed by atoms with Gasteiger partial charge in [0, 0.05) is 18.6 Å². The predicted octanol–water partition coefficient (Wildman–Crippen LogP) is 8.80. The SMILES string of the molecule is COc1ccc(COCC[C@@H]2OC(C)(C)OC2C(OC(=O)c2ccccc2)/C(F)=C\[C@@H](C)[C@H](C)O[Si](c2ccccc2)(c2ccccc2)C(C)(C)C)cc1. The number of rotatable bonds is 16. The summed E-state index contributed by atoms with van der Waals surface area (Å²) in [4.78, 5) is 13.5. The van der Waals surface area contributed by atoms with E-state index in [0.717, 1.165) is 21.7 Å². The lowest BCUT2D eigenvalue weighted by Crippen LogP contribution is -2.67. The Morgan fingerprint density at radius 2 is 1.41 bits per heavy atom. The van der Waals surface area contributed by atoms with E-state index in [4.69, 9.17) is 28.1 Å². The van der Waals surface area contributed by atoms with Crippen molar-refractivity contribution in [1.82, 2.24) is 0 Å². The molecule has 0 N–H and O–H groups in total. The molecule has 0 amide bonds. The first kappa shape index (κ1) is 41.0. The van der Waals surface area contributed by atoms with Gasteiger partial charge in [-0.3, -0.25) is 0 Å². The third kappa shape index (κ3) is 9.94. The molecule has 0 aliphatic carbocycles. The van der Waals surface area contributed by atoms with Crippen LogP contribution in [0.4, 0.5) is 4.39 Å². The van der Waals surface area contributed by atoms with Gasteiger partial charge in [0.2, 0.25) is 0 Å². The van der Waals surface area contributed by atoms with Crippen molar-refractivity contribution in [2.75, 3.05) is 13.7 Å². The van der Waals surface area contributed by atoms with Gasteiger partial charge in [-0.15, -0.1) is 0 Å². The smallest absolute Gasteiger partial charge is 0.338 e. The van der Waals surface area contributed by atoms with E-state index in [1.165, 1.54) is 6.08 Å². The lowest BCUT2D eigenvalue weighted by atomic mass is 10.00. The van der Waals surface area contributed by atoms with Crippen LogP contribution in [0.25, 0.3) is 0 Å². The van der Waals surface area contributed by atoms with E-state index < -0.39 is 56.2 Å². The van der Waals surface area contributed by atoms with Crippen LogP contribution in [0.5, 0.6) is 5.75 Å². The second-order valence-corrected chi connectivity index (χ2v) is 19.7. The van der Waals surface area contributed by atoms with Crippen molar-refractivity contribution in [2.45, 2.75) is 96.7 Å². The molecule has 288 valence electrons. The third-order valence-electron chi connectivity index (χ3n) is 9.95. The maximum atomic E-state index is 17.0. The first-order chi connectivity index (χ1) is 25.7. The fourth-order valence-electron chi connectivity index (χ4n) is 7.05. The fraction of sp³-hybridized carbons (Fsp3) is 0.400. The van der Waals surface area contributed by atoms with E-state index in [1.54, 1.807) is 45.2 Å². The van der Waals surface area contributed by atoms with Gasteiger partial charge < -0.3 is 28.1 Å². The Balaban J connectivity index is 1.41. The van der Waals surface area contributed by atoms with E-state index in [9.17, 15) is 4.79 Å². The molecular weight excluding hydrogens is 700 g/mol. The minimum absolute atomic E-state index is 0.261. The summed E-state index contributed by atoms with van der Waals surface area (Å²) in [6.07, 6.45) is -1.45. The number of esters is 1. The summed E-state index contributed by atoms with van der Waals surface area (Å²) in [7, 11) is -1.30. The van der Waals surface area contributed by atoms with Crippen LogP contribution in [0.2, 0.25) is 5.04 Å². The number of benzene rings is 4. The van der Waals surface area contributed by atoms with Crippen molar-refractivity contribution in [2.24, 2.45) is 5.92 Å². The molecule has 0 bridgehead atoms. The number of methoxy groups -OCH3 is 1. The van der Waals surface area contributed by atoms with Crippen LogP contribution >= 0.6 is 0 Å². The molecule has 1 fully saturated rings. The van der Waals surface area contributed by atoms with E-state index in [2.05, 4.69) is 45.0 Å². The summed E-state index contributed by atoms with van der Waals surface area (Å²) >= 11 is 0. The monoisotopic (exact) mass is 754 g/mol. The van der Waals surface area contributed by atoms with Crippen molar-refractivity contribution in [3.8, 4) is 5.75 Å². The largest absolute Gasteiger partial charge is 0.497 e. The second kappa shape index (κ2) is 18.0. The molecule has 0 radical (unpaired) electrons. The average Bonchev–Trinajstić information content (AvgIpc) is 3.48. The quantitative estimate of drug-likeness (QED) is 0.0644. The number of ether oxygens (including phenoxy) is 5. The van der Waals surface area contributed by atoms with Crippen molar-refractivity contribution >= 4 is 24.7 Å². The van der Waals surface area contributed by atoms with Gasteiger partial charge >= 0.3 is 5.97 Å². The molecule has 4 aromatic rings. The molecule has 1 saturated heterocycles. The van der Waals surface area contributed by atoms with Crippen LogP contribution in [0.15, 0.2) is 127 Å². The topological polar surface area (TPSA) is 72.5 Å². The van der Waals surface area contributed by atoms with Crippen molar-refractivity contribution in [1.29, 1.82) is 0 Å². The zero-order valence-corrected chi connectivity index (χ0v) is 33.8. The van der Waals surface area contributed by atoms with Gasteiger partial charge in [0.15, 0.2) is 11.9 Å². The lowest BCUT2D eigenvalue weighted by molar-refractivity contribution is -0.155. The first-order valence-corrected chi connectivity index (χ1v) is 20.6. The molecule has 2 unspecified atom stereocenters. The Labute approximate surface area is 321 Å². The maximum absolute atomic E-state index is 17.0. The molecule has 0 aromatic heterocycles. The maximum Gasteiger partial charge on any atom is 0.338 e. The summed E-state index contributed by atoms with van der Waals surface area (Å²) in [6.45, 7) is 14.8. The van der Waals surface area contributed by atoms with Gasteiger partial charge in [0.25, 0.3) is 8.32 Å². The molecule has 0 spiro atoms. The summed E-state index contributed by atoms with van der Waals surface area (Å²) in [5.74, 6) is -1.97.